The van der Waals surface area contributed by atoms with Crippen LogP contribution in [0.1, 0.15) is 32.7 Å². The summed E-state index contributed by atoms with van der Waals surface area (Å²) in [5.41, 5.74) is 5.73. The Kier molecular flexibility index (Phi) is 5.75. The van der Waals surface area contributed by atoms with Crippen LogP contribution in [-0.2, 0) is 6.54 Å². The zero-order valence-electron chi connectivity index (χ0n) is 16.8. The van der Waals surface area contributed by atoms with E-state index in [1.54, 1.807) is 12.1 Å². The molecule has 0 aliphatic rings. The van der Waals surface area contributed by atoms with Gasteiger partial charge in [0.05, 0.1) is 17.2 Å². The second kappa shape index (κ2) is 8.63. The van der Waals surface area contributed by atoms with Crippen LogP contribution in [0.5, 0.6) is 0 Å². The van der Waals surface area contributed by atoms with Gasteiger partial charge in [0.25, 0.3) is 0 Å². The van der Waals surface area contributed by atoms with Crippen molar-refractivity contribution in [2.24, 2.45) is 0 Å². The molecule has 152 valence electrons. The van der Waals surface area contributed by atoms with E-state index < -0.39 is 5.97 Å². The number of aromatic nitrogens is 1. The zero-order chi connectivity index (χ0) is 22.0. The molecule has 0 aliphatic carbocycles. The highest BCUT2D eigenvalue weighted by atomic mass is 79.9. The van der Waals surface area contributed by atoms with E-state index in [-0.39, 0.29) is 5.56 Å². The van der Waals surface area contributed by atoms with Gasteiger partial charge in [-0.3, -0.25) is 0 Å². The molecule has 0 radical (unpaired) electrons. The molecule has 4 nitrogen and oxygen atoms in total. The Bertz CT molecular complexity index is 1340. The Labute approximate surface area is 188 Å². The van der Waals surface area contributed by atoms with Crippen LogP contribution >= 0.6 is 15.9 Å². The van der Waals surface area contributed by atoms with Crippen molar-refractivity contribution in [2.75, 3.05) is 0 Å². The van der Waals surface area contributed by atoms with E-state index in [1.165, 1.54) is 17.7 Å². The van der Waals surface area contributed by atoms with Gasteiger partial charge in [0.2, 0.25) is 0 Å². The van der Waals surface area contributed by atoms with Crippen LogP contribution in [0.4, 0.5) is 0 Å². The number of hydrogen-bond donors (Lipinski definition) is 1. The van der Waals surface area contributed by atoms with Gasteiger partial charge in [-0.15, -0.1) is 0 Å². The van der Waals surface area contributed by atoms with Crippen LogP contribution in [0.25, 0.3) is 22.6 Å². The third-order valence-corrected chi connectivity index (χ3v) is 5.91. The Morgan fingerprint density at radius 1 is 1.03 bits per heavy atom. The number of carboxylic acids is 1. The average molecular weight is 471 g/mol. The monoisotopic (exact) mass is 470 g/mol. The van der Waals surface area contributed by atoms with Crippen molar-refractivity contribution < 1.29 is 9.90 Å². The summed E-state index contributed by atoms with van der Waals surface area (Å²) >= 11 is 3.48. The van der Waals surface area contributed by atoms with Gasteiger partial charge >= 0.3 is 5.97 Å². The molecular weight excluding hydrogens is 452 g/mol. The lowest BCUT2D eigenvalue weighted by Crippen LogP contribution is -2.01. The van der Waals surface area contributed by atoms with Gasteiger partial charge in [-0.1, -0.05) is 58.4 Å². The van der Waals surface area contributed by atoms with Crippen molar-refractivity contribution in [3.8, 4) is 6.07 Å². The molecule has 0 bridgehead atoms. The molecule has 0 unspecified atom stereocenters. The molecule has 0 fully saturated rings. The number of allylic oxidation sites excluding steroid dienone is 1. The molecule has 0 atom stereocenters. The predicted molar refractivity (Wildman–Crippen MR) is 127 cm³/mol. The number of fused-ring (bicyclic) bond motifs is 1. The number of nitrogens with zero attached hydrogens (tertiary/aromatic N) is 2. The first-order chi connectivity index (χ1) is 15.0. The normalized spacial score (nSPS) is 11.5. The van der Waals surface area contributed by atoms with Crippen molar-refractivity contribution >= 4 is 44.5 Å². The molecular formula is C26H19BrN2O2. The van der Waals surface area contributed by atoms with Crippen molar-refractivity contribution in [1.82, 2.24) is 4.57 Å². The highest BCUT2D eigenvalue weighted by Gasteiger charge is 2.14. The number of nitriles is 1. The molecule has 4 aromatic rings. The fraction of sp³-hybridized carbons (Fsp3) is 0.0769. The number of benzene rings is 3. The van der Waals surface area contributed by atoms with Gasteiger partial charge in [-0.05, 0) is 54.5 Å². The number of aromatic carboxylic acids is 1. The van der Waals surface area contributed by atoms with E-state index in [4.69, 9.17) is 5.11 Å². The molecule has 5 heteroatoms. The number of hydrogen-bond acceptors (Lipinski definition) is 2. The minimum Gasteiger partial charge on any atom is -0.478 e. The van der Waals surface area contributed by atoms with E-state index in [1.807, 2.05) is 30.3 Å². The molecule has 0 saturated heterocycles. The largest absolute Gasteiger partial charge is 0.478 e. The number of halogens is 1. The molecule has 1 N–H and O–H groups in total. The first kappa shape index (κ1) is 20.6. The molecule has 0 spiro atoms. The third-order valence-electron chi connectivity index (χ3n) is 5.39. The lowest BCUT2D eigenvalue weighted by molar-refractivity contribution is 0.0697. The summed E-state index contributed by atoms with van der Waals surface area (Å²) in [4.78, 5) is 11.1. The van der Waals surface area contributed by atoms with Crippen LogP contribution in [0.15, 0.2) is 77.3 Å². The minimum absolute atomic E-state index is 0.198. The van der Waals surface area contributed by atoms with Gasteiger partial charge in [0, 0.05) is 33.2 Å². The number of para-hydroxylation sites is 1. The van der Waals surface area contributed by atoms with E-state index in [0.29, 0.717) is 11.1 Å². The molecule has 1 heterocycles. The van der Waals surface area contributed by atoms with Crippen molar-refractivity contribution in [3.63, 3.8) is 0 Å². The number of carbonyl (C=O) groups is 1. The lowest BCUT2D eigenvalue weighted by atomic mass is 10.0. The van der Waals surface area contributed by atoms with Crippen LogP contribution in [-0.4, -0.2) is 15.6 Å². The van der Waals surface area contributed by atoms with E-state index in [0.717, 1.165) is 33.2 Å². The summed E-state index contributed by atoms with van der Waals surface area (Å²) in [6.07, 6.45) is 1.89. The van der Waals surface area contributed by atoms with Crippen molar-refractivity contribution in [3.05, 3.63) is 105 Å². The summed E-state index contributed by atoms with van der Waals surface area (Å²) < 4.78 is 3.30. The summed E-state index contributed by atoms with van der Waals surface area (Å²) in [5, 5.41) is 20.0. The Balaban J connectivity index is 1.81. The van der Waals surface area contributed by atoms with Gasteiger partial charge in [-0.25, -0.2) is 4.79 Å². The van der Waals surface area contributed by atoms with E-state index in [9.17, 15) is 10.1 Å². The first-order valence-corrected chi connectivity index (χ1v) is 10.5. The quantitative estimate of drug-likeness (QED) is 0.337. The maximum absolute atomic E-state index is 11.1. The van der Waals surface area contributed by atoms with Gasteiger partial charge in [-0.2, -0.15) is 5.26 Å². The maximum Gasteiger partial charge on any atom is 0.335 e. The highest BCUT2D eigenvalue weighted by Crippen LogP contribution is 2.30. The molecule has 0 aliphatic heterocycles. The molecule has 4 rings (SSSR count). The van der Waals surface area contributed by atoms with Crippen LogP contribution in [0.3, 0.4) is 0 Å². The first-order valence-electron chi connectivity index (χ1n) is 9.75. The minimum atomic E-state index is -0.985. The highest BCUT2D eigenvalue weighted by molar-refractivity contribution is 9.10. The summed E-state index contributed by atoms with van der Waals surface area (Å²) in [6.45, 7) is 2.79. The van der Waals surface area contributed by atoms with E-state index >= 15 is 0 Å². The topological polar surface area (TPSA) is 66.0 Å². The molecule has 31 heavy (non-hydrogen) atoms. The molecule has 0 saturated carbocycles. The van der Waals surface area contributed by atoms with Crippen molar-refractivity contribution in [2.45, 2.75) is 13.5 Å². The Morgan fingerprint density at radius 2 is 1.68 bits per heavy atom. The van der Waals surface area contributed by atoms with Crippen LogP contribution in [0.2, 0.25) is 0 Å². The summed E-state index contributed by atoms with van der Waals surface area (Å²) in [6, 6.07) is 25.1. The fourth-order valence-corrected chi connectivity index (χ4v) is 4.00. The molecule has 0 amide bonds. The average Bonchev–Trinajstić information content (AvgIpc) is 3.04. The standard InChI is InChI=1S/C26H19BrN2O2/c1-17-24(14-21(15-28)19-8-10-20(11-9-19)26(30)31)23-4-2-3-5-25(23)29(17)16-18-6-12-22(27)13-7-18/h2-14H,16H2,1H3,(H,30,31). The van der Waals surface area contributed by atoms with Gasteiger partial charge in [0.1, 0.15) is 0 Å². The Morgan fingerprint density at radius 3 is 2.32 bits per heavy atom. The summed E-state index contributed by atoms with van der Waals surface area (Å²) in [7, 11) is 0. The number of rotatable bonds is 5. The second-order valence-corrected chi connectivity index (χ2v) is 8.20. The SMILES string of the molecule is Cc1c(C=C(C#N)c2ccc(C(=O)O)cc2)c2ccccc2n1Cc1ccc(Br)cc1. The predicted octanol–water partition coefficient (Wildman–Crippen LogP) is 6.52. The van der Waals surface area contributed by atoms with E-state index in [2.05, 4.69) is 57.8 Å². The smallest absolute Gasteiger partial charge is 0.335 e. The zero-order valence-corrected chi connectivity index (χ0v) is 18.4. The second-order valence-electron chi connectivity index (χ2n) is 7.28. The molecule has 1 aromatic heterocycles. The summed E-state index contributed by atoms with van der Waals surface area (Å²) in [5.74, 6) is -0.985. The van der Waals surface area contributed by atoms with Crippen LogP contribution in [0, 0.1) is 18.3 Å². The Hall–Kier alpha value is -3.62. The third kappa shape index (κ3) is 4.16. The van der Waals surface area contributed by atoms with Gasteiger partial charge < -0.3 is 9.67 Å². The number of carboxylic acid groups (broad SMARTS) is 1. The lowest BCUT2D eigenvalue weighted by Gasteiger charge is -2.09. The van der Waals surface area contributed by atoms with Crippen molar-refractivity contribution in [1.29, 1.82) is 5.26 Å². The van der Waals surface area contributed by atoms with Crippen LogP contribution < -0.4 is 0 Å². The maximum atomic E-state index is 11.1. The molecule has 3 aromatic carbocycles. The fourth-order valence-electron chi connectivity index (χ4n) is 3.73. The van der Waals surface area contributed by atoms with Gasteiger partial charge in [0.15, 0.2) is 0 Å².